The van der Waals surface area contributed by atoms with Gasteiger partial charge in [0.25, 0.3) is 0 Å². The molecular formula is C27H34N4O5. The third kappa shape index (κ3) is 5.46. The summed E-state index contributed by atoms with van der Waals surface area (Å²) in [6.07, 6.45) is 0.758. The zero-order chi connectivity index (χ0) is 26.0. The van der Waals surface area contributed by atoms with Crippen LogP contribution in [-0.4, -0.2) is 62.7 Å². The lowest BCUT2D eigenvalue weighted by Gasteiger charge is -2.26. The van der Waals surface area contributed by atoms with E-state index in [1.807, 2.05) is 48.1 Å². The molecule has 2 atom stereocenters. The van der Waals surface area contributed by atoms with Gasteiger partial charge in [0.2, 0.25) is 0 Å². The molecule has 0 bridgehead atoms. The van der Waals surface area contributed by atoms with Crippen LogP contribution in [0, 0.1) is 0 Å². The smallest absolute Gasteiger partial charge is 0.411 e. The number of hydrogen-bond donors (Lipinski definition) is 2. The molecule has 2 heterocycles. The van der Waals surface area contributed by atoms with E-state index >= 15 is 0 Å². The normalized spacial score (nSPS) is 18.0. The summed E-state index contributed by atoms with van der Waals surface area (Å²) in [4.78, 5) is 25.7. The Morgan fingerprint density at radius 3 is 2.64 bits per heavy atom. The molecule has 0 saturated carbocycles. The van der Waals surface area contributed by atoms with Gasteiger partial charge in [0.15, 0.2) is 0 Å². The van der Waals surface area contributed by atoms with Crippen molar-refractivity contribution in [1.82, 2.24) is 14.7 Å². The van der Waals surface area contributed by atoms with E-state index in [1.165, 1.54) is 4.90 Å². The van der Waals surface area contributed by atoms with Crippen LogP contribution in [0.3, 0.4) is 0 Å². The molecule has 1 aliphatic rings. The highest BCUT2D eigenvalue weighted by atomic mass is 16.6. The monoisotopic (exact) mass is 494 g/mol. The van der Waals surface area contributed by atoms with Gasteiger partial charge in [-0.15, -0.1) is 0 Å². The van der Waals surface area contributed by atoms with Gasteiger partial charge >= 0.3 is 12.1 Å². The van der Waals surface area contributed by atoms with Gasteiger partial charge in [-0.25, -0.2) is 9.59 Å². The number of likely N-dealkylation sites (tertiary alicyclic amines) is 1. The Kier molecular flexibility index (Phi) is 7.21. The molecule has 0 radical (unpaired) electrons. The lowest BCUT2D eigenvalue weighted by Crippen LogP contribution is -2.43. The number of aryl methyl sites for hydroxylation is 2. The number of benzene rings is 2. The zero-order valence-corrected chi connectivity index (χ0v) is 21.2. The number of hydrogen-bond acceptors (Lipinski definition) is 6. The number of carbonyl (C=O) groups is 2. The van der Waals surface area contributed by atoms with Gasteiger partial charge < -0.3 is 20.3 Å². The number of fused-ring (bicyclic) bond motifs is 1. The van der Waals surface area contributed by atoms with Gasteiger partial charge in [0, 0.05) is 24.5 Å². The van der Waals surface area contributed by atoms with Crippen LogP contribution >= 0.6 is 0 Å². The third-order valence-corrected chi connectivity index (χ3v) is 6.22. The fourth-order valence-electron chi connectivity index (χ4n) is 4.68. The predicted octanol–water partition coefficient (Wildman–Crippen LogP) is 3.97. The Hall–Kier alpha value is -3.59. The molecule has 0 aliphatic carbocycles. The molecule has 1 fully saturated rings. The van der Waals surface area contributed by atoms with Crippen molar-refractivity contribution in [1.29, 1.82) is 0 Å². The number of aromatic nitrogens is 2. The third-order valence-electron chi connectivity index (χ3n) is 6.22. The summed E-state index contributed by atoms with van der Waals surface area (Å²) in [5, 5.41) is 15.4. The summed E-state index contributed by atoms with van der Waals surface area (Å²) in [7, 11) is 1.95. The highest BCUT2D eigenvalue weighted by Crippen LogP contribution is 2.34. The van der Waals surface area contributed by atoms with E-state index in [1.54, 1.807) is 20.8 Å². The van der Waals surface area contributed by atoms with Gasteiger partial charge in [-0.1, -0.05) is 24.3 Å². The van der Waals surface area contributed by atoms with Crippen LogP contribution in [0.15, 0.2) is 42.5 Å². The SMILES string of the molecule is Cn1nc2cccc(-c3cccc(O[C@H]4C[C@@H](C(=O)O)N(C(=O)OC(C)(C)C)C4)c3)c2c1CCCN. The van der Waals surface area contributed by atoms with E-state index in [-0.39, 0.29) is 13.0 Å². The standard InChI is InChI=1S/C27H34N4O5/c1-27(2,3)36-26(34)31-16-19(15-23(31)25(32)33)35-18-9-5-8-17(14-18)20-10-6-11-21-24(20)22(12-7-13-28)30(4)29-21/h5-6,8-11,14,19,23H,7,12-13,15-16,28H2,1-4H3,(H,32,33)/t19-,23-/m0/s1. The molecule has 0 spiro atoms. The lowest BCUT2D eigenvalue weighted by atomic mass is 9.98. The van der Waals surface area contributed by atoms with Crippen molar-refractivity contribution >= 4 is 23.0 Å². The van der Waals surface area contributed by atoms with E-state index in [0.717, 1.165) is 40.6 Å². The molecule has 1 amide bonds. The number of carbonyl (C=O) groups excluding carboxylic acids is 1. The number of amides is 1. The summed E-state index contributed by atoms with van der Waals surface area (Å²) >= 11 is 0. The van der Waals surface area contributed by atoms with Crippen molar-refractivity contribution in [3.63, 3.8) is 0 Å². The molecule has 4 rings (SSSR count). The maximum atomic E-state index is 12.6. The van der Waals surface area contributed by atoms with Crippen LogP contribution in [-0.2, 0) is 23.0 Å². The minimum absolute atomic E-state index is 0.136. The quantitative estimate of drug-likeness (QED) is 0.510. The van der Waals surface area contributed by atoms with Gasteiger partial charge in [-0.05, 0) is 69.5 Å². The van der Waals surface area contributed by atoms with Crippen LogP contribution < -0.4 is 10.5 Å². The molecule has 1 aromatic heterocycles. The molecule has 3 N–H and O–H groups in total. The zero-order valence-electron chi connectivity index (χ0n) is 21.2. The summed E-state index contributed by atoms with van der Waals surface area (Å²) in [5.74, 6) is -0.467. The topological polar surface area (TPSA) is 120 Å². The summed E-state index contributed by atoms with van der Waals surface area (Å²) < 4.78 is 13.5. The van der Waals surface area contributed by atoms with Crippen LogP contribution in [0.4, 0.5) is 4.79 Å². The molecule has 9 nitrogen and oxygen atoms in total. The van der Waals surface area contributed by atoms with E-state index in [2.05, 4.69) is 11.2 Å². The predicted molar refractivity (Wildman–Crippen MR) is 137 cm³/mol. The van der Waals surface area contributed by atoms with Crippen molar-refractivity contribution in [3.05, 3.63) is 48.2 Å². The van der Waals surface area contributed by atoms with Crippen molar-refractivity contribution in [3.8, 4) is 16.9 Å². The second kappa shape index (κ2) is 10.2. The van der Waals surface area contributed by atoms with Crippen molar-refractivity contribution in [2.24, 2.45) is 12.8 Å². The van der Waals surface area contributed by atoms with Crippen LogP contribution in [0.1, 0.15) is 39.3 Å². The molecule has 9 heteroatoms. The highest BCUT2D eigenvalue weighted by Gasteiger charge is 2.42. The van der Waals surface area contributed by atoms with Crippen LogP contribution in [0.5, 0.6) is 5.75 Å². The number of carboxylic acid groups (broad SMARTS) is 1. The maximum absolute atomic E-state index is 12.6. The molecular weight excluding hydrogens is 460 g/mol. The van der Waals surface area contributed by atoms with Gasteiger partial charge in [0.1, 0.15) is 23.5 Å². The Morgan fingerprint density at radius 2 is 1.94 bits per heavy atom. The van der Waals surface area contributed by atoms with Crippen molar-refractivity contribution in [2.75, 3.05) is 13.1 Å². The van der Waals surface area contributed by atoms with Crippen molar-refractivity contribution in [2.45, 2.75) is 57.8 Å². The average molecular weight is 495 g/mol. The van der Waals surface area contributed by atoms with E-state index in [4.69, 9.17) is 15.2 Å². The van der Waals surface area contributed by atoms with E-state index in [0.29, 0.717) is 12.3 Å². The first-order valence-electron chi connectivity index (χ1n) is 12.2. The number of aliphatic carboxylic acids is 1. The second-order valence-corrected chi connectivity index (χ2v) is 10.2. The molecule has 1 saturated heterocycles. The first kappa shape index (κ1) is 25.5. The minimum atomic E-state index is -1.08. The first-order chi connectivity index (χ1) is 17.1. The van der Waals surface area contributed by atoms with E-state index < -0.39 is 29.8 Å². The molecule has 3 aromatic rings. The number of rotatable bonds is 7. The van der Waals surface area contributed by atoms with Crippen molar-refractivity contribution < 1.29 is 24.2 Å². The Bertz CT molecular complexity index is 1260. The second-order valence-electron chi connectivity index (χ2n) is 10.2. The summed E-state index contributed by atoms with van der Waals surface area (Å²) in [5.41, 5.74) is 9.10. The summed E-state index contributed by atoms with van der Waals surface area (Å²) in [6, 6.07) is 12.8. The number of carboxylic acids is 1. The lowest BCUT2D eigenvalue weighted by molar-refractivity contribution is -0.142. The highest BCUT2D eigenvalue weighted by molar-refractivity contribution is 5.97. The fraction of sp³-hybridized carbons (Fsp3) is 0.444. The molecule has 1 aliphatic heterocycles. The van der Waals surface area contributed by atoms with Crippen LogP contribution in [0.2, 0.25) is 0 Å². The van der Waals surface area contributed by atoms with E-state index in [9.17, 15) is 14.7 Å². The minimum Gasteiger partial charge on any atom is -0.488 e. The fourth-order valence-corrected chi connectivity index (χ4v) is 4.68. The number of nitrogens with two attached hydrogens (primary N) is 1. The Balaban J connectivity index is 1.59. The number of ether oxygens (including phenoxy) is 2. The molecule has 36 heavy (non-hydrogen) atoms. The summed E-state index contributed by atoms with van der Waals surface area (Å²) in [6.45, 7) is 6.00. The molecule has 192 valence electrons. The van der Waals surface area contributed by atoms with Gasteiger partial charge in [0.05, 0.1) is 12.1 Å². The first-order valence-corrected chi connectivity index (χ1v) is 12.2. The largest absolute Gasteiger partial charge is 0.488 e. The molecule has 0 unspecified atom stereocenters. The Morgan fingerprint density at radius 1 is 1.19 bits per heavy atom. The van der Waals surface area contributed by atoms with Gasteiger partial charge in [-0.2, -0.15) is 5.10 Å². The molecule has 2 aromatic carbocycles. The van der Waals surface area contributed by atoms with Crippen LogP contribution in [0.25, 0.3) is 22.0 Å². The van der Waals surface area contributed by atoms with Gasteiger partial charge in [-0.3, -0.25) is 9.58 Å². The average Bonchev–Trinajstić information content (AvgIpc) is 3.37. The number of nitrogens with zero attached hydrogens (tertiary/aromatic N) is 3. The Labute approximate surface area is 210 Å². The maximum Gasteiger partial charge on any atom is 0.411 e.